The van der Waals surface area contributed by atoms with Gasteiger partial charge in [0.15, 0.2) is 0 Å². The number of aliphatic hydroxyl groups is 1. The van der Waals surface area contributed by atoms with Gasteiger partial charge in [-0.2, -0.15) is 0 Å². The molecule has 6 atom stereocenters. The molecule has 3 aliphatic carbocycles. The van der Waals surface area contributed by atoms with E-state index >= 15 is 0 Å². The van der Waals surface area contributed by atoms with Crippen LogP contribution in [0.4, 0.5) is 0 Å². The smallest absolute Gasteiger partial charge is 0.0596 e. The molecule has 104 valence electrons. The minimum absolute atomic E-state index is 0.0317. The Labute approximate surface area is 112 Å². The Kier molecular flexibility index (Phi) is 2.86. The summed E-state index contributed by atoms with van der Waals surface area (Å²) in [6, 6.07) is 0. The number of rotatable bonds is 1. The summed E-state index contributed by atoms with van der Waals surface area (Å²) in [6.07, 6.45) is 8.02. The molecular weight excluding hydrogens is 220 g/mol. The Bertz CT molecular complexity index is 335. The molecule has 1 N–H and O–H groups in total. The average molecular weight is 250 g/mol. The predicted molar refractivity (Wildman–Crippen MR) is 75.2 cm³/mol. The molecule has 0 heterocycles. The summed E-state index contributed by atoms with van der Waals surface area (Å²) < 4.78 is 0. The maximum atomic E-state index is 10.6. The molecule has 0 aromatic carbocycles. The molecule has 0 radical (unpaired) electrons. The van der Waals surface area contributed by atoms with E-state index in [2.05, 4.69) is 27.7 Å². The summed E-state index contributed by atoms with van der Waals surface area (Å²) in [5.74, 6) is 2.80. The second-order valence-corrected chi connectivity index (χ2v) is 8.28. The van der Waals surface area contributed by atoms with E-state index in [1.165, 1.54) is 38.5 Å². The Morgan fingerprint density at radius 1 is 1.06 bits per heavy atom. The number of fused-ring (bicyclic) bond motifs is 2. The monoisotopic (exact) mass is 250 g/mol. The summed E-state index contributed by atoms with van der Waals surface area (Å²) in [4.78, 5) is 0. The molecule has 1 nitrogen and oxygen atoms in total. The summed E-state index contributed by atoms with van der Waals surface area (Å²) in [5, 5.41) is 10.6. The van der Waals surface area contributed by atoms with E-state index in [-0.39, 0.29) is 6.10 Å². The molecular formula is C17H30O. The highest BCUT2D eigenvalue weighted by Gasteiger charge is 2.63. The zero-order valence-corrected chi connectivity index (χ0v) is 12.6. The highest BCUT2D eigenvalue weighted by molar-refractivity contribution is 5.12. The normalized spacial score (nSPS) is 54.8. The molecule has 3 fully saturated rings. The minimum Gasteiger partial charge on any atom is -0.393 e. The van der Waals surface area contributed by atoms with Crippen molar-refractivity contribution in [3.05, 3.63) is 0 Å². The van der Waals surface area contributed by atoms with Gasteiger partial charge in [0, 0.05) is 0 Å². The van der Waals surface area contributed by atoms with E-state index in [0.29, 0.717) is 22.7 Å². The third-order valence-electron chi connectivity index (χ3n) is 7.60. The third kappa shape index (κ3) is 1.49. The van der Waals surface area contributed by atoms with Gasteiger partial charge < -0.3 is 5.11 Å². The van der Waals surface area contributed by atoms with Gasteiger partial charge in [0.25, 0.3) is 0 Å². The van der Waals surface area contributed by atoms with Crippen LogP contribution in [0.1, 0.15) is 66.2 Å². The van der Waals surface area contributed by atoms with Gasteiger partial charge >= 0.3 is 0 Å². The standard InChI is InChI=1S/C17H30O/c1-11-6-5-7-13(15(11)18)14-10-12-8-9-17(14,4)16(12,2)3/h11-15,18H,5-10H2,1-4H3/t11-,12-,13-,14-,15-,17-/m1/s1. The van der Waals surface area contributed by atoms with E-state index < -0.39 is 0 Å². The van der Waals surface area contributed by atoms with E-state index in [4.69, 9.17) is 0 Å². The minimum atomic E-state index is -0.0317. The van der Waals surface area contributed by atoms with Crippen molar-refractivity contribution in [1.29, 1.82) is 0 Å². The molecule has 0 spiro atoms. The Morgan fingerprint density at radius 2 is 1.78 bits per heavy atom. The van der Waals surface area contributed by atoms with Crippen molar-refractivity contribution < 1.29 is 5.11 Å². The van der Waals surface area contributed by atoms with Crippen LogP contribution < -0.4 is 0 Å². The van der Waals surface area contributed by atoms with Gasteiger partial charge in [0.1, 0.15) is 0 Å². The molecule has 0 aliphatic heterocycles. The molecule has 3 rings (SSSR count). The van der Waals surface area contributed by atoms with Crippen LogP contribution in [-0.2, 0) is 0 Å². The second kappa shape index (κ2) is 3.98. The first-order valence-corrected chi connectivity index (χ1v) is 8.06. The van der Waals surface area contributed by atoms with Gasteiger partial charge in [-0.1, -0.05) is 34.1 Å². The summed E-state index contributed by atoms with van der Waals surface area (Å²) in [5.41, 5.74) is 0.985. The molecule has 1 heteroatoms. The van der Waals surface area contributed by atoms with Crippen LogP contribution in [0.15, 0.2) is 0 Å². The largest absolute Gasteiger partial charge is 0.393 e. The van der Waals surface area contributed by atoms with Crippen LogP contribution in [-0.4, -0.2) is 11.2 Å². The fourth-order valence-electron chi connectivity index (χ4n) is 5.79. The van der Waals surface area contributed by atoms with Crippen LogP contribution in [0.3, 0.4) is 0 Å². The lowest BCUT2D eigenvalue weighted by Crippen LogP contribution is -2.43. The van der Waals surface area contributed by atoms with Crippen LogP contribution in [0.5, 0.6) is 0 Å². The van der Waals surface area contributed by atoms with Crippen LogP contribution in [0, 0.1) is 34.5 Å². The molecule has 3 aliphatic rings. The second-order valence-electron chi connectivity index (χ2n) is 8.28. The first-order valence-electron chi connectivity index (χ1n) is 8.06. The van der Waals surface area contributed by atoms with Crippen molar-refractivity contribution in [3.63, 3.8) is 0 Å². The van der Waals surface area contributed by atoms with Crippen molar-refractivity contribution in [2.45, 2.75) is 72.3 Å². The van der Waals surface area contributed by atoms with Crippen molar-refractivity contribution in [2.75, 3.05) is 0 Å². The van der Waals surface area contributed by atoms with Gasteiger partial charge in [-0.15, -0.1) is 0 Å². The van der Waals surface area contributed by atoms with E-state index in [1.54, 1.807) is 0 Å². The maximum Gasteiger partial charge on any atom is 0.0596 e. The SMILES string of the molecule is C[C@@H]1CCC[C@H]([C@H]2C[C@H]3CC[C@@]2(C)C3(C)C)[C@@H]1O. The first kappa shape index (κ1) is 13.0. The van der Waals surface area contributed by atoms with E-state index in [9.17, 15) is 5.11 Å². The Hall–Kier alpha value is -0.0400. The van der Waals surface area contributed by atoms with Gasteiger partial charge in [0.05, 0.1) is 6.10 Å². The molecule has 0 amide bonds. The lowest BCUT2D eigenvalue weighted by atomic mass is 9.59. The van der Waals surface area contributed by atoms with Crippen molar-refractivity contribution in [2.24, 2.45) is 34.5 Å². The Balaban J connectivity index is 1.86. The molecule has 2 bridgehead atoms. The van der Waals surface area contributed by atoms with Crippen LogP contribution >= 0.6 is 0 Å². The third-order valence-corrected chi connectivity index (χ3v) is 7.60. The van der Waals surface area contributed by atoms with Gasteiger partial charge in [-0.25, -0.2) is 0 Å². The topological polar surface area (TPSA) is 20.2 Å². The number of hydrogen-bond acceptors (Lipinski definition) is 1. The van der Waals surface area contributed by atoms with Crippen LogP contribution in [0.2, 0.25) is 0 Å². The first-order chi connectivity index (χ1) is 8.38. The molecule has 0 saturated heterocycles. The van der Waals surface area contributed by atoms with Crippen molar-refractivity contribution >= 4 is 0 Å². The highest BCUT2D eigenvalue weighted by atomic mass is 16.3. The van der Waals surface area contributed by atoms with E-state index in [0.717, 1.165) is 11.8 Å². The van der Waals surface area contributed by atoms with Crippen molar-refractivity contribution in [3.8, 4) is 0 Å². The lowest BCUT2D eigenvalue weighted by molar-refractivity contribution is -0.0455. The van der Waals surface area contributed by atoms with Gasteiger partial charge in [0.2, 0.25) is 0 Å². The average Bonchev–Trinajstić information content (AvgIpc) is 2.65. The lowest BCUT2D eigenvalue weighted by Gasteiger charge is -2.46. The molecule has 3 saturated carbocycles. The van der Waals surface area contributed by atoms with E-state index in [1.807, 2.05) is 0 Å². The summed E-state index contributed by atoms with van der Waals surface area (Å²) in [6.45, 7) is 9.75. The quantitative estimate of drug-likeness (QED) is 0.738. The van der Waals surface area contributed by atoms with Gasteiger partial charge in [-0.3, -0.25) is 0 Å². The Morgan fingerprint density at radius 3 is 2.33 bits per heavy atom. The molecule has 0 unspecified atom stereocenters. The fraction of sp³-hybridized carbons (Fsp3) is 1.00. The summed E-state index contributed by atoms with van der Waals surface area (Å²) in [7, 11) is 0. The van der Waals surface area contributed by atoms with Gasteiger partial charge in [-0.05, 0) is 66.6 Å². The molecule has 18 heavy (non-hydrogen) atoms. The summed E-state index contributed by atoms with van der Waals surface area (Å²) >= 11 is 0. The highest BCUT2D eigenvalue weighted by Crippen LogP contribution is 2.70. The zero-order valence-electron chi connectivity index (χ0n) is 12.6. The zero-order chi connectivity index (χ0) is 13.1. The molecule has 0 aromatic rings. The maximum absolute atomic E-state index is 10.6. The molecule has 0 aromatic heterocycles. The van der Waals surface area contributed by atoms with Crippen molar-refractivity contribution in [1.82, 2.24) is 0 Å². The number of aliphatic hydroxyl groups excluding tert-OH is 1. The fourth-order valence-corrected chi connectivity index (χ4v) is 5.79. The van der Waals surface area contributed by atoms with Crippen LogP contribution in [0.25, 0.3) is 0 Å². The number of hydrogen-bond donors (Lipinski definition) is 1. The predicted octanol–water partition coefficient (Wildman–Crippen LogP) is 4.25.